The van der Waals surface area contributed by atoms with E-state index in [1.165, 1.54) is 17.4 Å². The highest BCUT2D eigenvalue weighted by Gasteiger charge is 2.07. The summed E-state index contributed by atoms with van der Waals surface area (Å²) in [6, 6.07) is 9.88. The van der Waals surface area contributed by atoms with Crippen molar-refractivity contribution in [2.45, 2.75) is 0 Å². The van der Waals surface area contributed by atoms with Gasteiger partial charge in [0.2, 0.25) is 0 Å². The molecule has 1 N–H and O–H groups in total. The first-order valence-electron chi connectivity index (χ1n) is 4.82. The van der Waals surface area contributed by atoms with Crippen LogP contribution in [0, 0.1) is 5.82 Å². The number of halogens is 1. The minimum Gasteiger partial charge on any atom is -0.375 e. The molecule has 4 heteroatoms. The van der Waals surface area contributed by atoms with Crippen LogP contribution in [0.2, 0.25) is 0 Å². The number of carbonyl (C=O) groups is 1. The second-order valence-corrected chi connectivity index (χ2v) is 4.18. The molecule has 1 aromatic heterocycles. The first-order chi connectivity index (χ1) is 7.77. The Labute approximate surface area is 96.7 Å². The number of hydrogen-bond acceptors (Lipinski definition) is 3. The van der Waals surface area contributed by atoms with Gasteiger partial charge in [0.15, 0.2) is 5.78 Å². The van der Waals surface area contributed by atoms with Gasteiger partial charge in [0, 0.05) is 0 Å². The van der Waals surface area contributed by atoms with Crippen molar-refractivity contribution in [3.8, 4) is 0 Å². The summed E-state index contributed by atoms with van der Waals surface area (Å²) in [6.45, 7) is 0.113. The van der Waals surface area contributed by atoms with Crippen LogP contribution in [0.3, 0.4) is 0 Å². The Morgan fingerprint density at radius 1 is 1.25 bits per heavy atom. The lowest BCUT2D eigenvalue weighted by Gasteiger charge is -2.05. The minimum absolute atomic E-state index is 0.0294. The van der Waals surface area contributed by atoms with Gasteiger partial charge in [-0.1, -0.05) is 18.2 Å². The molecule has 0 spiro atoms. The van der Waals surface area contributed by atoms with Gasteiger partial charge >= 0.3 is 0 Å². The molecule has 0 aliphatic rings. The third-order valence-electron chi connectivity index (χ3n) is 2.11. The molecule has 2 rings (SSSR count). The van der Waals surface area contributed by atoms with Crippen LogP contribution in [0.25, 0.3) is 0 Å². The number of nitrogens with one attached hydrogen (secondary N) is 1. The molecule has 0 amide bonds. The topological polar surface area (TPSA) is 29.1 Å². The number of carbonyl (C=O) groups excluding carboxylic acids is 1. The molecule has 0 atom stereocenters. The van der Waals surface area contributed by atoms with Crippen molar-refractivity contribution in [1.82, 2.24) is 0 Å². The zero-order valence-corrected chi connectivity index (χ0v) is 9.26. The Morgan fingerprint density at radius 3 is 2.75 bits per heavy atom. The molecule has 0 aliphatic carbocycles. The maximum Gasteiger partial charge on any atom is 0.191 e. The van der Waals surface area contributed by atoms with Crippen molar-refractivity contribution in [3.05, 3.63) is 52.5 Å². The van der Waals surface area contributed by atoms with E-state index in [1.54, 1.807) is 24.3 Å². The summed E-state index contributed by atoms with van der Waals surface area (Å²) in [5.74, 6) is -0.375. The lowest BCUT2D eigenvalue weighted by molar-refractivity contribution is 0.101. The van der Waals surface area contributed by atoms with Crippen LogP contribution in [0.4, 0.5) is 10.1 Å². The number of ketones is 1. The Kier molecular flexibility index (Phi) is 3.31. The lowest BCUT2D eigenvalue weighted by atomic mass is 10.2. The predicted molar refractivity (Wildman–Crippen MR) is 63.5 cm³/mol. The molecule has 16 heavy (non-hydrogen) atoms. The van der Waals surface area contributed by atoms with Gasteiger partial charge in [-0.15, -0.1) is 11.3 Å². The van der Waals surface area contributed by atoms with Gasteiger partial charge in [-0.3, -0.25) is 4.79 Å². The quantitative estimate of drug-likeness (QED) is 0.825. The zero-order valence-electron chi connectivity index (χ0n) is 8.44. The van der Waals surface area contributed by atoms with E-state index in [-0.39, 0.29) is 18.1 Å². The third kappa shape index (κ3) is 2.46. The van der Waals surface area contributed by atoms with E-state index < -0.39 is 0 Å². The van der Waals surface area contributed by atoms with Crippen LogP contribution in [0.5, 0.6) is 0 Å². The van der Waals surface area contributed by atoms with Crippen molar-refractivity contribution >= 4 is 22.8 Å². The van der Waals surface area contributed by atoms with Gasteiger partial charge in [0.1, 0.15) is 5.82 Å². The Bertz CT molecular complexity index is 482. The molecule has 0 fully saturated rings. The monoisotopic (exact) mass is 235 g/mol. The van der Waals surface area contributed by atoms with Crippen LogP contribution in [-0.4, -0.2) is 12.3 Å². The van der Waals surface area contributed by atoms with E-state index in [1.807, 2.05) is 11.4 Å². The molecule has 0 radical (unpaired) electrons. The van der Waals surface area contributed by atoms with E-state index in [9.17, 15) is 9.18 Å². The minimum atomic E-state index is -0.346. The summed E-state index contributed by atoms with van der Waals surface area (Å²) in [6.07, 6.45) is 0. The Morgan fingerprint density at radius 2 is 2.06 bits per heavy atom. The average molecular weight is 235 g/mol. The smallest absolute Gasteiger partial charge is 0.191 e. The van der Waals surface area contributed by atoms with Crippen LogP contribution in [-0.2, 0) is 0 Å². The Balaban J connectivity index is 1.98. The fourth-order valence-electron chi connectivity index (χ4n) is 1.30. The van der Waals surface area contributed by atoms with Gasteiger partial charge in [0.25, 0.3) is 0 Å². The molecule has 0 saturated heterocycles. The molecule has 1 heterocycles. The van der Waals surface area contributed by atoms with Gasteiger partial charge in [-0.05, 0) is 23.6 Å². The molecule has 0 aliphatic heterocycles. The second kappa shape index (κ2) is 4.90. The number of thiophene rings is 1. The molecule has 0 unspecified atom stereocenters. The first-order valence-corrected chi connectivity index (χ1v) is 5.70. The van der Waals surface area contributed by atoms with Gasteiger partial charge in [0.05, 0.1) is 17.1 Å². The van der Waals surface area contributed by atoms with Crippen molar-refractivity contribution in [1.29, 1.82) is 0 Å². The zero-order chi connectivity index (χ0) is 11.4. The summed E-state index contributed by atoms with van der Waals surface area (Å²) in [4.78, 5) is 12.3. The molecule has 2 nitrogen and oxygen atoms in total. The van der Waals surface area contributed by atoms with Gasteiger partial charge < -0.3 is 5.32 Å². The number of anilines is 1. The van der Waals surface area contributed by atoms with Gasteiger partial charge in [-0.2, -0.15) is 0 Å². The highest BCUT2D eigenvalue weighted by atomic mass is 32.1. The van der Waals surface area contributed by atoms with E-state index in [0.717, 1.165) is 0 Å². The van der Waals surface area contributed by atoms with Crippen LogP contribution >= 0.6 is 11.3 Å². The van der Waals surface area contributed by atoms with Crippen molar-refractivity contribution in [3.63, 3.8) is 0 Å². The van der Waals surface area contributed by atoms with Crippen molar-refractivity contribution < 1.29 is 9.18 Å². The van der Waals surface area contributed by atoms with Gasteiger partial charge in [-0.25, -0.2) is 4.39 Å². The Hall–Kier alpha value is -1.68. The number of Topliss-reactive ketones (excluding diaryl/α,β-unsaturated/α-hetero) is 1. The number of benzene rings is 1. The van der Waals surface area contributed by atoms with E-state index in [0.29, 0.717) is 10.6 Å². The summed E-state index contributed by atoms with van der Waals surface area (Å²) in [5.41, 5.74) is 0.354. The van der Waals surface area contributed by atoms with E-state index in [4.69, 9.17) is 0 Å². The molecule has 2 aromatic rings. The maximum absolute atomic E-state index is 13.2. The SMILES string of the molecule is O=C(CNc1ccccc1F)c1cccs1. The summed E-state index contributed by atoms with van der Waals surface area (Å²) in [5, 5.41) is 4.63. The predicted octanol–water partition coefficient (Wildman–Crippen LogP) is 3.18. The molecular formula is C12H10FNOS. The standard InChI is InChI=1S/C12H10FNOS/c13-9-4-1-2-5-10(9)14-8-11(15)12-6-3-7-16-12/h1-7,14H,8H2. The highest BCUT2D eigenvalue weighted by Crippen LogP contribution is 2.13. The molecule has 0 saturated carbocycles. The average Bonchev–Trinajstić information content (AvgIpc) is 2.81. The first kappa shape index (κ1) is 10.8. The van der Waals surface area contributed by atoms with Crippen LogP contribution in [0.1, 0.15) is 9.67 Å². The maximum atomic E-state index is 13.2. The van der Waals surface area contributed by atoms with E-state index >= 15 is 0 Å². The summed E-state index contributed by atoms with van der Waals surface area (Å²) in [7, 11) is 0. The second-order valence-electron chi connectivity index (χ2n) is 3.23. The van der Waals surface area contributed by atoms with Crippen molar-refractivity contribution in [2.24, 2.45) is 0 Å². The van der Waals surface area contributed by atoms with Crippen molar-refractivity contribution in [2.75, 3.05) is 11.9 Å². The fourth-order valence-corrected chi connectivity index (χ4v) is 1.97. The molecule has 1 aromatic carbocycles. The molecule has 0 bridgehead atoms. The number of rotatable bonds is 4. The normalized spacial score (nSPS) is 10.1. The number of para-hydroxylation sites is 1. The molecular weight excluding hydrogens is 225 g/mol. The third-order valence-corrected chi connectivity index (χ3v) is 3.02. The van der Waals surface area contributed by atoms with E-state index in [2.05, 4.69) is 5.32 Å². The summed E-state index contributed by atoms with van der Waals surface area (Å²) < 4.78 is 13.2. The fraction of sp³-hybridized carbons (Fsp3) is 0.0833. The highest BCUT2D eigenvalue weighted by molar-refractivity contribution is 7.12. The van der Waals surface area contributed by atoms with Crippen LogP contribution in [0.15, 0.2) is 41.8 Å². The number of hydrogen-bond donors (Lipinski definition) is 1. The lowest BCUT2D eigenvalue weighted by Crippen LogP contribution is -2.13. The van der Waals surface area contributed by atoms with Crippen LogP contribution < -0.4 is 5.32 Å². The largest absolute Gasteiger partial charge is 0.375 e. The summed E-state index contributed by atoms with van der Waals surface area (Å²) >= 11 is 1.39. The molecule has 82 valence electrons.